The first kappa shape index (κ1) is 21.2. The van der Waals surface area contributed by atoms with E-state index in [0.29, 0.717) is 5.39 Å². The Morgan fingerprint density at radius 2 is 1.57 bits per heavy atom. The van der Waals surface area contributed by atoms with Crippen molar-refractivity contribution in [2.75, 3.05) is 0 Å². The predicted octanol–water partition coefficient (Wildman–Crippen LogP) is 5.84. The monoisotopic (exact) mass is 458 g/mol. The third-order valence-corrected chi connectivity index (χ3v) is 6.91. The highest BCUT2D eigenvalue weighted by Crippen LogP contribution is 2.36. The number of aromatic nitrogens is 1. The summed E-state index contributed by atoms with van der Waals surface area (Å²) in [6.07, 6.45) is 4.07. The molecule has 0 saturated heterocycles. The number of aromatic hydroxyl groups is 2. The molecule has 0 unspecified atom stereocenters. The number of nitrogens with one attached hydrogen (secondary N) is 1. The molecule has 6 rings (SSSR count). The maximum Gasteiger partial charge on any atom is 0.129 e. The van der Waals surface area contributed by atoms with E-state index in [4.69, 9.17) is 4.99 Å². The van der Waals surface area contributed by atoms with Crippen LogP contribution in [0.15, 0.2) is 71.5 Å². The number of aryl methyl sites for hydroxylation is 4. The van der Waals surface area contributed by atoms with Crippen LogP contribution in [0.1, 0.15) is 33.5 Å². The molecular formula is C31H26N2O2. The van der Waals surface area contributed by atoms with Crippen LogP contribution in [-0.2, 0) is 0 Å². The van der Waals surface area contributed by atoms with Gasteiger partial charge in [-0.05, 0) is 84.8 Å². The SMILES string of the molecule is Cc1cc(C)c(/C(=C2\C=c3c(c4c(O)cc(O)cc4c4ccc(C)cc34)=N2)c2ccc[nH]2)c(C)c1. The molecule has 172 valence electrons. The van der Waals surface area contributed by atoms with Gasteiger partial charge in [0.15, 0.2) is 0 Å². The van der Waals surface area contributed by atoms with Crippen LogP contribution in [0.25, 0.3) is 33.2 Å². The Bertz CT molecular complexity index is 1820. The number of benzene rings is 4. The zero-order chi connectivity index (χ0) is 24.4. The number of aromatic amines is 1. The fraction of sp³-hybridized carbons (Fsp3) is 0.129. The molecule has 4 heteroatoms. The second-order valence-electron chi connectivity index (χ2n) is 9.57. The highest BCUT2D eigenvalue weighted by molar-refractivity contribution is 6.11. The van der Waals surface area contributed by atoms with Gasteiger partial charge in [-0.2, -0.15) is 0 Å². The molecule has 0 aliphatic carbocycles. The summed E-state index contributed by atoms with van der Waals surface area (Å²) in [5, 5.41) is 26.4. The van der Waals surface area contributed by atoms with Crippen LogP contribution in [0.2, 0.25) is 0 Å². The maximum absolute atomic E-state index is 10.9. The third kappa shape index (κ3) is 3.25. The van der Waals surface area contributed by atoms with Crippen molar-refractivity contribution in [1.82, 2.24) is 4.98 Å². The van der Waals surface area contributed by atoms with E-state index in [9.17, 15) is 10.2 Å². The molecule has 35 heavy (non-hydrogen) atoms. The summed E-state index contributed by atoms with van der Waals surface area (Å²) in [5.41, 5.74) is 8.79. The summed E-state index contributed by atoms with van der Waals surface area (Å²) in [6, 6.07) is 17.9. The largest absolute Gasteiger partial charge is 0.508 e. The van der Waals surface area contributed by atoms with Gasteiger partial charge in [-0.1, -0.05) is 41.5 Å². The summed E-state index contributed by atoms with van der Waals surface area (Å²) < 4.78 is 0. The van der Waals surface area contributed by atoms with E-state index in [2.05, 4.69) is 75.2 Å². The Morgan fingerprint density at radius 3 is 2.29 bits per heavy atom. The van der Waals surface area contributed by atoms with Gasteiger partial charge in [0, 0.05) is 28.7 Å². The molecule has 4 aromatic carbocycles. The topological polar surface area (TPSA) is 68.6 Å². The van der Waals surface area contributed by atoms with Crippen molar-refractivity contribution in [1.29, 1.82) is 0 Å². The van der Waals surface area contributed by atoms with Gasteiger partial charge in [0.05, 0.1) is 16.4 Å². The van der Waals surface area contributed by atoms with Gasteiger partial charge in [0.2, 0.25) is 0 Å². The number of hydrogen-bond acceptors (Lipinski definition) is 3. The van der Waals surface area contributed by atoms with Crippen molar-refractivity contribution < 1.29 is 10.2 Å². The van der Waals surface area contributed by atoms with Crippen molar-refractivity contribution >= 4 is 33.2 Å². The summed E-state index contributed by atoms with van der Waals surface area (Å²) in [7, 11) is 0. The molecule has 0 spiro atoms. The zero-order valence-corrected chi connectivity index (χ0v) is 20.2. The van der Waals surface area contributed by atoms with E-state index in [0.717, 1.165) is 54.8 Å². The minimum Gasteiger partial charge on any atom is -0.508 e. The number of fused-ring (bicyclic) bond motifs is 6. The van der Waals surface area contributed by atoms with Gasteiger partial charge >= 0.3 is 0 Å². The lowest BCUT2D eigenvalue weighted by Crippen LogP contribution is -2.23. The highest BCUT2D eigenvalue weighted by atomic mass is 16.3. The van der Waals surface area contributed by atoms with Crippen molar-refractivity contribution in [3.8, 4) is 11.5 Å². The first-order valence-electron chi connectivity index (χ1n) is 11.8. The molecular weight excluding hydrogens is 432 g/mol. The molecule has 0 radical (unpaired) electrons. The lowest BCUT2D eigenvalue weighted by Gasteiger charge is -2.15. The molecule has 0 bridgehead atoms. The van der Waals surface area contributed by atoms with E-state index in [1.165, 1.54) is 22.8 Å². The number of nitrogens with zero attached hydrogens (tertiary/aromatic N) is 1. The van der Waals surface area contributed by atoms with Gasteiger partial charge in [0.1, 0.15) is 11.5 Å². The zero-order valence-electron chi connectivity index (χ0n) is 20.2. The van der Waals surface area contributed by atoms with Crippen molar-refractivity contribution in [3.63, 3.8) is 0 Å². The second-order valence-corrected chi connectivity index (χ2v) is 9.57. The van der Waals surface area contributed by atoms with E-state index >= 15 is 0 Å². The van der Waals surface area contributed by atoms with E-state index in [1.54, 1.807) is 6.07 Å². The number of phenols is 2. The van der Waals surface area contributed by atoms with Crippen LogP contribution in [0.5, 0.6) is 11.5 Å². The third-order valence-electron chi connectivity index (χ3n) is 6.91. The summed E-state index contributed by atoms with van der Waals surface area (Å²) in [4.78, 5) is 8.54. The normalized spacial score (nSPS) is 14.2. The van der Waals surface area contributed by atoms with Gasteiger partial charge in [-0.25, -0.2) is 4.99 Å². The minimum absolute atomic E-state index is 0.0289. The molecule has 4 nitrogen and oxygen atoms in total. The fourth-order valence-corrected chi connectivity index (χ4v) is 5.59. The molecule has 3 N–H and O–H groups in total. The predicted molar refractivity (Wildman–Crippen MR) is 142 cm³/mol. The smallest absolute Gasteiger partial charge is 0.129 e. The molecule has 2 heterocycles. The van der Waals surface area contributed by atoms with Crippen LogP contribution >= 0.6 is 0 Å². The average Bonchev–Trinajstić information content (AvgIpc) is 3.46. The van der Waals surface area contributed by atoms with Gasteiger partial charge in [-0.3, -0.25) is 0 Å². The van der Waals surface area contributed by atoms with E-state index in [1.807, 2.05) is 12.3 Å². The van der Waals surface area contributed by atoms with Crippen LogP contribution in [-0.4, -0.2) is 15.2 Å². The van der Waals surface area contributed by atoms with Crippen molar-refractivity contribution in [2.24, 2.45) is 4.99 Å². The highest BCUT2D eigenvalue weighted by Gasteiger charge is 2.21. The van der Waals surface area contributed by atoms with Crippen LogP contribution < -0.4 is 10.6 Å². The molecule has 5 aromatic rings. The fourth-order valence-electron chi connectivity index (χ4n) is 5.59. The number of H-pyrrole nitrogens is 1. The van der Waals surface area contributed by atoms with Crippen LogP contribution in [0.4, 0.5) is 0 Å². The van der Waals surface area contributed by atoms with Gasteiger partial charge in [-0.15, -0.1) is 0 Å². The van der Waals surface area contributed by atoms with Crippen LogP contribution in [0, 0.1) is 27.7 Å². The van der Waals surface area contributed by atoms with E-state index < -0.39 is 0 Å². The summed E-state index contributed by atoms with van der Waals surface area (Å²) in [5.74, 6) is 0.0637. The first-order chi connectivity index (χ1) is 16.8. The number of hydrogen-bond donors (Lipinski definition) is 3. The Hall–Kier alpha value is -4.31. The standard InChI is InChI=1S/C31H26N2O2/c1-16-7-8-21-22(12-16)24-15-26(33-31(24)29-23(21)13-20(34)14-27(29)35)30(25-6-5-9-32-25)28-18(3)10-17(2)11-19(28)4/h5-15,32,34-35H,1-4H3/b30-26+. The van der Waals surface area contributed by atoms with Gasteiger partial charge in [0.25, 0.3) is 0 Å². The molecule has 0 atom stereocenters. The maximum atomic E-state index is 10.9. The molecule has 0 fully saturated rings. The quantitative estimate of drug-likeness (QED) is 0.291. The Kier molecular flexibility index (Phi) is 4.61. The average molecular weight is 459 g/mol. The van der Waals surface area contributed by atoms with Crippen molar-refractivity contribution in [2.45, 2.75) is 27.7 Å². The summed E-state index contributed by atoms with van der Waals surface area (Å²) in [6.45, 7) is 8.47. The van der Waals surface area contributed by atoms with Crippen LogP contribution in [0.3, 0.4) is 0 Å². The molecule has 0 saturated carbocycles. The lowest BCUT2D eigenvalue weighted by molar-refractivity contribution is 0.455. The molecule has 1 aliphatic rings. The lowest BCUT2D eigenvalue weighted by atomic mass is 9.90. The molecule has 1 aromatic heterocycles. The summed E-state index contributed by atoms with van der Waals surface area (Å²) >= 11 is 0. The molecule has 1 aliphatic heterocycles. The Morgan fingerprint density at radius 1 is 0.800 bits per heavy atom. The van der Waals surface area contributed by atoms with Crippen molar-refractivity contribution in [3.05, 3.63) is 111 Å². The number of phenolic OH excluding ortho intramolecular Hbond substituents is 2. The van der Waals surface area contributed by atoms with Gasteiger partial charge < -0.3 is 15.2 Å². The first-order valence-corrected chi connectivity index (χ1v) is 11.8. The number of allylic oxidation sites excluding steroid dienone is 1. The van der Waals surface area contributed by atoms with E-state index in [-0.39, 0.29) is 11.5 Å². The number of rotatable bonds is 2. The molecule has 0 amide bonds. The minimum atomic E-state index is 0.0289. The second kappa shape index (κ2) is 7.60. The Balaban J connectivity index is 1.83. The Labute approximate surface area is 203 Å².